The minimum Gasteiger partial charge on any atom is -0.497 e. The second kappa shape index (κ2) is 9.68. The van der Waals surface area contributed by atoms with Crippen molar-refractivity contribution in [3.63, 3.8) is 0 Å². The molecule has 1 atom stereocenters. The Morgan fingerprint density at radius 1 is 1.24 bits per heavy atom. The number of aliphatic hydroxyl groups excluding tert-OH is 1. The number of aromatic carboxylic acids is 1. The Bertz CT molecular complexity index is 1290. The van der Waals surface area contributed by atoms with Crippen molar-refractivity contribution < 1.29 is 28.9 Å². The molecule has 4 rings (SSSR count). The lowest BCUT2D eigenvalue weighted by Gasteiger charge is -2.35. The van der Waals surface area contributed by atoms with Crippen LogP contribution in [0.1, 0.15) is 35.2 Å². The monoisotopic (exact) mass is 471 g/mol. The van der Waals surface area contributed by atoms with Crippen molar-refractivity contribution in [1.29, 1.82) is 0 Å². The molecule has 3 aromatic rings. The minimum absolute atomic E-state index is 0.0316. The molecule has 180 valence electrons. The third kappa shape index (κ3) is 4.28. The summed E-state index contributed by atoms with van der Waals surface area (Å²) in [7, 11) is 3.03. The number of pyridine rings is 2. The summed E-state index contributed by atoms with van der Waals surface area (Å²) in [6.45, 7) is 0.489. The zero-order valence-electron chi connectivity index (χ0n) is 19.0. The Labute approximate surface area is 195 Å². The third-order valence-electron chi connectivity index (χ3n) is 6.16. The number of carboxylic acid groups (broad SMARTS) is 1. The summed E-state index contributed by atoms with van der Waals surface area (Å²) in [5, 5.41) is 19.2. The van der Waals surface area contributed by atoms with Gasteiger partial charge in [-0.3, -0.25) is 4.79 Å². The molecular formula is C24H26FN3O6. The van der Waals surface area contributed by atoms with Gasteiger partial charge in [0.25, 0.3) is 0 Å². The number of hydrogen-bond donors (Lipinski definition) is 2. The summed E-state index contributed by atoms with van der Waals surface area (Å²) in [6.07, 6.45) is 3.65. The molecule has 3 heterocycles. The summed E-state index contributed by atoms with van der Waals surface area (Å²) in [4.78, 5) is 30.8. The Hall–Kier alpha value is -3.66. The molecule has 1 saturated heterocycles. The van der Waals surface area contributed by atoms with Gasteiger partial charge < -0.3 is 29.2 Å². The maximum absolute atomic E-state index is 15.2. The molecule has 0 saturated carbocycles. The fourth-order valence-electron chi connectivity index (χ4n) is 4.39. The first kappa shape index (κ1) is 23.5. The van der Waals surface area contributed by atoms with Gasteiger partial charge in [-0.05, 0) is 37.5 Å². The molecular weight excluding hydrogens is 445 g/mol. The second-order valence-corrected chi connectivity index (χ2v) is 8.17. The van der Waals surface area contributed by atoms with Crippen LogP contribution in [0.3, 0.4) is 0 Å². The number of halogens is 1. The van der Waals surface area contributed by atoms with Gasteiger partial charge in [0, 0.05) is 24.4 Å². The number of methoxy groups -OCH3 is 2. The van der Waals surface area contributed by atoms with Crippen LogP contribution < -0.4 is 19.8 Å². The molecule has 34 heavy (non-hydrogen) atoms. The van der Waals surface area contributed by atoms with E-state index in [1.54, 1.807) is 23.1 Å². The van der Waals surface area contributed by atoms with Crippen molar-refractivity contribution in [3.05, 3.63) is 57.6 Å². The van der Waals surface area contributed by atoms with Gasteiger partial charge in [-0.1, -0.05) is 0 Å². The summed E-state index contributed by atoms with van der Waals surface area (Å²) < 4.78 is 27.4. The Kier molecular flexibility index (Phi) is 6.69. The van der Waals surface area contributed by atoms with E-state index < -0.39 is 22.8 Å². The number of rotatable bonds is 7. The number of carbonyl (C=O) groups is 1. The molecule has 1 aliphatic heterocycles. The molecule has 0 radical (unpaired) electrons. The van der Waals surface area contributed by atoms with Gasteiger partial charge in [-0.2, -0.15) is 0 Å². The Morgan fingerprint density at radius 3 is 2.71 bits per heavy atom. The summed E-state index contributed by atoms with van der Waals surface area (Å²) >= 11 is 0. The van der Waals surface area contributed by atoms with E-state index in [1.807, 2.05) is 0 Å². The van der Waals surface area contributed by atoms with Gasteiger partial charge in [-0.25, -0.2) is 14.2 Å². The maximum atomic E-state index is 15.2. The molecule has 9 nitrogen and oxygen atoms in total. The average Bonchev–Trinajstić information content (AvgIpc) is 2.85. The molecule has 0 spiro atoms. The molecule has 2 aromatic heterocycles. The number of benzene rings is 1. The first-order valence-electron chi connectivity index (χ1n) is 10.9. The standard InChI is InChI=1S/C24H26FN3O6/c1-33-16-7-6-14(20(9-16)34-2)11-27-12-18(24(31)32)21(30)17-10-19(25)23(26-22(17)27)28-8-4-3-5-15(28)13-29/h6-7,9-10,12,15,29H,3-5,8,11,13H2,1-2H3,(H,31,32). The molecule has 1 fully saturated rings. The molecule has 2 N–H and O–H groups in total. The van der Waals surface area contributed by atoms with Crippen LogP contribution in [-0.4, -0.2) is 59.1 Å². The lowest BCUT2D eigenvalue weighted by Crippen LogP contribution is -2.43. The maximum Gasteiger partial charge on any atom is 0.341 e. The van der Waals surface area contributed by atoms with Crippen LogP contribution in [0.15, 0.2) is 35.3 Å². The topological polar surface area (TPSA) is 114 Å². The van der Waals surface area contributed by atoms with Crippen molar-refractivity contribution in [3.8, 4) is 11.5 Å². The normalized spacial score (nSPS) is 16.0. The lowest BCUT2D eigenvalue weighted by molar-refractivity contribution is 0.0695. The summed E-state index contributed by atoms with van der Waals surface area (Å²) in [5.74, 6) is -1.03. The van der Waals surface area contributed by atoms with Gasteiger partial charge in [0.05, 0.1) is 38.8 Å². The fourth-order valence-corrected chi connectivity index (χ4v) is 4.39. The predicted molar refractivity (Wildman–Crippen MR) is 124 cm³/mol. The third-order valence-corrected chi connectivity index (χ3v) is 6.16. The van der Waals surface area contributed by atoms with E-state index in [-0.39, 0.29) is 36.0 Å². The first-order valence-corrected chi connectivity index (χ1v) is 10.9. The second-order valence-electron chi connectivity index (χ2n) is 8.17. The van der Waals surface area contributed by atoms with Gasteiger partial charge in [0.1, 0.15) is 22.7 Å². The predicted octanol–water partition coefficient (Wildman–Crippen LogP) is 2.65. The van der Waals surface area contributed by atoms with Crippen LogP contribution in [0.25, 0.3) is 11.0 Å². The van der Waals surface area contributed by atoms with Gasteiger partial charge in [-0.15, -0.1) is 0 Å². The van der Waals surface area contributed by atoms with Crippen molar-refractivity contribution >= 4 is 22.8 Å². The number of nitrogens with zero attached hydrogens (tertiary/aromatic N) is 3. The summed E-state index contributed by atoms with van der Waals surface area (Å²) in [6, 6.07) is 5.94. The van der Waals surface area contributed by atoms with Crippen molar-refractivity contribution in [2.24, 2.45) is 0 Å². The van der Waals surface area contributed by atoms with Crippen molar-refractivity contribution in [1.82, 2.24) is 9.55 Å². The quantitative estimate of drug-likeness (QED) is 0.541. The first-order chi connectivity index (χ1) is 16.4. The zero-order chi connectivity index (χ0) is 24.4. The van der Waals surface area contributed by atoms with E-state index in [0.717, 1.165) is 18.9 Å². The van der Waals surface area contributed by atoms with Gasteiger partial charge >= 0.3 is 5.97 Å². The highest BCUT2D eigenvalue weighted by Gasteiger charge is 2.27. The number of anilines is 1. The number of piperidine rings is 1. The number of fused-ring (bicyclic) bond motifs is 1. The lowest BCUT2D eigenvalue weighted by atomic mass is 10.0. The molecule has 0 aliphatic carbocycles. The highest BCUT2D eigenvalue weighted by atomic mass is 19.1. The van der Waals surface area contributed by atoms with Gasteiger partial charge in [0.15, 0.2) is 11.6 Å². The van der Waals surface area contributed by atoms with E-state index in [2.05, 4.69) is 4.98 Å². The number of aromatic nitrogens is 2. The van der Waals surface area contributed by atoms with Crippen LogP contribution in [0, 0.1) is 5.82 Å². The van der Waals surface area contributed by atoms with Crippen LogP contribution in [0.4, 0.5) is 10.2 Å². The molecule has 1 aromatic carbocycles. The molecule has 0 amide bonds. The van der Waals surface area contributed by atoms with Crippen LogP contribution in [0.5, 0.6) is 11.5 Å². The van der Waals surface area contributed by atoms with Crippen LogP contribution >= 0.6 is 0 Å². The SMILES string of the molecule is COc1ccc(Cn2cc(C(=O)O)c(=O)c3cc(F)c(N4CCCCC4CO)nc32)c(OC)c1. The number of hydrogen-bond acceptors (Lipinski definition) is 7. The Morgan fingerprint density at radius 2 is 2.03 bits per heavy atom. The van der Waals surface area contributed by atoms with Gasteiger partial charge in [0.2, 0.25) is 5.43 Å². The molecule has 0 bridgehead atoms. The number of carboxylic acids is 1. The molecule has 1 aliphatic rings. The molecule has 10 heteroatoms. The highest BCUT2D eigenvalue weighted by Crippen LogP contribution is 2.29. The van der Waals surface area contributed by atoms with Crippen molar-refractivity contribution in [2.75, 3.05) is 32.3 Å². The van der Waals surface area contributed by atoms with Crippen LogP contribution in [0.2, 0.25) is 0 Å². The smallest absolute Gasteiger partial charge is 0.341 e. The highest BCUT2D eigenvalue weighted by molar-refractivity contribution is 5.92. The van der Waals surface area contributed by atoms with E-state index in [1.165, 1.54) is 25.0 Å². The largest absolute Gasteiger partial charge is 0.497 e. The van der Waals surface area contributed by atoms with Crippen molar-refractivity contribution in [2.45, 2.75) is 31.8 Å². The molecule has 1 unspecified atom stereocenters. The number of aliphatic hydroxyl groups is 1. The number of ether oxygens (including phenoxy) is 2. The zero-order valence-corrected chi connectivity index (χ0v) is 19.0. The van der Waals surface area contributed by atoms with E-state index in [4.69, 9.17) is 9.47 Å². The van der Waals surface area contributed by atoms with E-state index >= 15 is 4.39 Å². The minimum atomic E-state index is -1.41. The Balaban J connectivity index is 1.92. The van der Waals surface area contributed by atoms with Crippen LogP contribution in [-0.2, 0) is 6.54 Å². The van der Waals surface area contributed by atoms with E-state index in [9.17, 15) is 19.8 Å². The average molecular weight is 471 g/mol. The summed E-state index contributed by atoms with van der Waals surface area (Å²) in [5.41, 5.74) is -0.467. The van der Waals surface area contributed by atoms with E-state index in [0.29, 0.717) is 30.0 Å². The fraction of sp³-hybridized carbons (Fsp3) is 0.375.